The molecule has 5 heteroatoms. The van der Waals surface area contributed by atoms with Gasteiger partial charge >= 0.3 is 5.97 Å². The normalized spacial score (nSPS) is 21.3. The third kappa shape index (κ3) is 3.16. The van der Waals surface area contributed by atoms with E-state index in [0.29, 0.717) is 16.9 Å². The number of rotatable bonds is 5. The molecule has 2 unspecified atom stereocenters. The van der Waals surface area contributed by atoms with Crippen molar-refractivity contribution in [3.05, 3.63) is 47.0 Å². The predicted octanol–water partition coefficient (Wildman–Crippen LogP) is 3.42. The van der Waals surface area contributed by atoms with Gasteiger partial charge in [-0.3, -0.25) is 4.79 Å². The van der Waals surface area contributed by atoms with E-state index >= 15 is 0 Å². The topological polar surface area (TPSA) is 50.2 Å². The van der Waals surface area contributed by atoms with Crippen LogP contribution in [-0.2, 0) is 11.2 Å². The monoisotopic (exact) mass is 291 g/mol. The summed E-state index contributed by atoms with van der Waals surface area (Å²) in [6.45, 7) is 0. The number of hydrogen-bond donors (Lipinski definition) is 1. The maximum absolute atomic E-state index is 10.6. The molecule has 1 aliphatic rings. The van der Waals surface area contributed by atoms with Crippen LogP contribution in [0.4, 0.5) is 0 Å². The Morgan fingerprint density at radius 1 is 1.42 bits per heavy atom. The lowest BCUT2D eigenvalue weighted by Gasteiger charge is -1.98. The lowest BCUT2D eigenvalue weighted by Crippen LogP contribution is -1.99. The molecule has 0 radical (unpaired) electrons. The fourth-order valence-corrected chi connectivity index (χ4v) is 4.40. The van der Waals surface area contributed by atoms with E-state index in [-0.39, 0.29) is 6.42 Å². The molecule has 1 aromatic carbocycles. The Hall–Kier alpha value is -1.33. The van der Waals surface area contributed by atoms with Gasteiger partial charge in [-0.2, -0.15) is 0 Å². The number of carboxylic acids is 1. The molecule has 0 saturated heterocycles. The summed E-state index contributed by atoms with van der Waals surface area (Å²) in [7, 11) is 0. The average molecular weight is 291 g/mol. The zero-order chi connectivity index (χ0) is 13.2. The molecule has 1 aromatic heterocycles. The van der Waals surface area contributed by atoms with Crippen molar-refractivity contribution in [3.8, 4) is 0 Å². The van der Waals surface area contributed by atoms with Gasteiger partial charge in [0.2, 0.25) is 0 Å². The van der Waals surface area contributed by atoms with Gasteiger partial charge in [-0.15, -0.1) is 11.3 Å². The van der Waals surface area contributed by atoms with E-state index in [4.69, 9.17) is 5.11 Å². The molecule has 0 amide bonds. The summed E-state index contributed by atoms with van der Waals surface area (Å²) in [5.74, 6) is -0.201. The Labute approximate surface area is 119 Å². The highest BCUT2D eigenvalue weighted by Gasteiger charge is 2.39. The van der Waals surface area contributed by atoms with Gasteiger partial charge in [0.1, 0.15) is 4.34 Å². The molecule has 0 bridgehead atoms. The van der Waals surface area contributed by atoms with Crippen LogP contribution < -0.4 is 0 Å². The van der Waals surface area contributed by atoms with E-state index < -0.39 is 5.97 Å². The molecule has 98 valence electrons. The van der Waals surface area contributed by atoms with Crippen molar-refractivity contribution >= 4 is 29.1 Å². The maximum Gasteiger partial charge on any atom is 0.309 e. The minimum atomic E-state index is -0.824. The van der Waals surface area contributed by atoms with Crippen LogP contribution in [0.25, 0.3) is 0 Å². The van der Waals surface area contributed by atoms with E-state index in [1.807, 2.05) is 11.4 Å². The van der Waals surface area contributed by atoms with Gasteiger partial charge in [0.15, 0.2) is 0 Å². The largest absolute Gasteiger partial charge is 0.481 e. The molecule has 2 atom stereocenters. The van der Waals surface area contributed by atoms with E-state index in [9.17, 15) is 4.79 Å². The third-order valence-electron chi connectivity index (χ3n) is 3.07. The highest BCUT2D eigenvalue weighted by Crippen LogP contribution is 2.51. The lowest BCUT2D eigenvalue weighted by molar-refractivity contribution is -0.136. The maximum atomic E-state index is 10.6. The molecular weight excluding hydrogens is 278 g/mol. The second kappa shape index (κ2) is 5.35. The summed E-state index contributed by atoms with van der Waals surface area (Å²) in [4.78, 5) is 15.0. The zero-order valence-electron chi connectivity index (χ0n) is 10.2. The summed E-state index contributed by atoms with van der Waals surface area (Å²) in [6, 6.07) is 10.5. The summed E-state index contributed by atoms with van der Waals surface area (Å²) in [6.07, 6.45) is 1.20. The summed E-state index contributed by atoms with van der Waals surface area (Å²) >= 11 is 3.32. The van der Waals surface area contributed by atoms with Gasteiger partial charge in [0.05, 0.1) is 12.1 Å². The van der Waals surface area contributed by atoms with Crippen molar-refractivity contribution in [1.29, 1.82) is 0 Å². The number of hydrogen-bond acceptors (Lipinski definition) is 4. The first-order valence-electron chi connectivity index (χ1n) is 6.10. The number of benzene rings is 1. The van der Waals surface area contributed by atoms with E-state index in [1.54, 1.807) is 23.1 Å². The molecule has 1 aliphatic carbocycles. The highest BCUT2D eigenvalue weighted by atomic mass is 32.2. The minimum absolute atomic E-state index is 0.0177. The Morgan fingerprint density at radius 3 is 2.95 bits per heavy atom. The van der Waals surface area contributed by atoms with Crippen LogP contribution in [0, 0.1) is 0 Å². The number of aromatic nitrogens is 1. The molecule has 1 heterocycles. The molecule has 1 saturated carbocycles. The predicted molar refractivity (Wildman–Crippen MR) is 76.9 cm³/mol. The first-order valence-corrected chi connectivity index (χ1v) is 7.86. The molecule has 3 nitrogen and oxygen atoms in total. The Balaban J connectivity index is 1.59. The lowest BCUT2D eigenvalue weighted by atomic mass is 10.1. The van der Waals surface area contributed by atoms with Crippen molar-refractivity contribution < 1.29 is 9.90 Å². The average Bonchev–Trinajstić information content (AvgIpc) is 3.02. The Morgan fingerprint density at radius 2 is 2.21 bits per heavy atom. The van der Waals surface area contributed by atoms with Crippen molar-refractivity contribution in [2.75, 3.05) is 0 Å². The van der Waals surface area contributed by atoms with Crippen molar-refractivity contribution in [2.24, 2.45) is 0 Å². The van der Waals surface area contributed by atoms with Gasteiger partial charge in [-0.1, -0.05) is 42.1 Å². The first-order chi connectivity index (χ1) is 9.22. The number of thioether (sulfide) groups is 1. The van der Waals surface area contributed by atoms with Gasteiger partial charge in [-0.05, 0) is 17.9 Å². The standard InChI is InChI=1S/C14H13NO2S2/c16-13(17)6-10-8-18-14(15-10)19-12-7-11(12)9-4-2-1-3-5-9/h1-5,8,11-12H,6-7H2,(H,16,17). The van der Waals surface area contributed by atoms with Crippen molar-refractivity contribution in [3.63, 3.8) is 0 Å². The number of carbonyl (C=O) groups is 1. The van der Waals surface area contributed by atoms with E-state index in [0.717, 1.165) is 4.34 Å². The summed E-state index contributed by atoms with van der Waals surface area (Å²) in [5, 5.41) is 11.2. The number of thiazole rings is 1. The summed E-state index contributed by atoms with van der Waals surface area (Å²) in [5.41, 5.74) is 2.05. The second-order valence-electron chi connectivity index (χ2n) is 4.58. The van der Waals surface area contributed by atoms with Crippen molar-refractivity contribution in [1.82, 2.24) is 4.98 Å². The molecule has 0 aliphatic heterocycles. The molecule has 2 aromatic rings. The van der Waals surface area contributed by atoms with Crippen molar-refractivity contribution in [2.45, 2.75) is 28.3 Å². The molecule has 1 N–H and O–H groups in total. The first kappa shape index (κ1) is 12.7. The quantitative estimate of drug-likeness (QED) is 0.917. The molecule has 3 rings (SSSR count). The smallest absolute Gasteiger partial charge is 0.309 e. The molecule has 0 spiro atoms. The highest BCUT2D eigenvalue weighted by molar-refractivity contribution is 8.01. The molecular formula is C14H13NO2S2. The molecule has 19 heavy (non-hydrogen) atoms. The minimum Gasteiger partial charge on any atom is -0.481 e. The van der Waals surface area contributed by atoms with Crippen LogP contribution in [0.1, 0.15) is 23.6 Å². The van der Waals surface area contributed by atoms with Crippen LogP contribution in [0.15, 0.2) is 40.1 Å². The molecule has 1 fully saturated rings. The SMILES string of the molecule is O=C(O)Cc1csc(SC2CC2c2ccccc2)n1. The fraction of sp³-hybridized carbons (Fsp3) is 0.286. The number of aliphatic carboxylic acids is 1. The number of nitrogens with zero attached hydrogens (tertiary/aromatic N) is 1. The summed E-state index contributed by atoms with van der Waals surface area (Å²) < 4.78 is 0.986. The Bertz CT molecular complexity index is 582. The number of carboxylic acid groups (broad SMARTS) is 1. The van der Waals surface area contributed by atoms with Gasteiger partial charge in [-0.25, -0.2) is 4.98 Å². The van der Waals surface area contributed by atoms with Crippen LogP contribution in [0.2, 0.25) is 0 Å². The van der Waals surface area contributed by atoms with Gasteiger partial charge in [0.25, 0.3) is 0 Å². The van der Waals surface area contributed by atoms with Gasteiger partial charge in [0, 0.05) is 10.6 Å². The van der Waals surface area contributed by atoms with E-state index in [1.165, 1.54) is 12.0 Å². The zero-order valence-corrected chi connectivity index (χ0v) is 11.8. The van der Waals surface area contributed by atoms with E-state index in [2.05, 4.69) is 29.2 Å². The second-order valence-corrected chi connectivity index (χ2v) is 6.93. The fourth-order valence-electron chi connectivity index (χ4n) is 2.06. The van der Waals surface area contributed by atoms with Gasteiger partial charge < -0.3 is 5.11 Å². The van der Waals surface area contributed by atoms with Crippen LogP contribution in [0.3, 0.4) is 0 Å². The van der Waals surface area contributed by atoms with Crippen LogP contribution in [0.5, 0.6) is 0 Å². The Kier molecular flexibility index (Phi) is 3.57. The van der Waals surface area contributed by atoms with Crippen LogP contribution in [-0.4, -0.2) is 21.3 Å². The third-order valence-corrected chi connectivity index (χ3v) is 5.45. The van der Waals surface area contributed by atoms with Crippen LogP contribution >= 0.6 is 23.1 Å².